The number of hydrogen-bond acceptors (Lipinski definition) is 3. The summed E-state index contributed by atoms with van der Waals surface area (Å²) in [6.07, 6.45) is -0.937. The summed E-state index contributed by atoms with van der Waals surface area (Å²) in [5, 5.41) is 8.61. The number of benzene rings is 1. The Hall–Kier alpha value is -1.62. The van der Waals surface area contributed by atoms with E-state index in [9.17, 15) is 9.18 Å². The molecule has 0 aromatic heterocycles. The molecule has 1 N–H and O–H groups in total. The number of ether oxygens (including phenoxy) is 2. The van der Waals surface area contributed by atoms with Crippen molar-refractivity contribution in [1.82, 2.24) is 0 Å². The van der Waals surface area contributed by atoms with E-state index >= 15 is 0 Å². The third-order valence-electron chi connectivity index (χ3n) is 2.08. The van der Waals surface area contributed by atoms with Crippen molar-refractivity contribution in [1.29, 1.82) is 0 Å². The summed E-state index contributed by atoms with van der Waals surface area (Å²) in [6.45, 7) is 1.41. The van der Waals surface area contributed by atoms with Crippen molar-refractivity contribution in [2.75, 3.05) is 7.11 Å². The van der Waals surface area contributed by atoms with Crippen LogP contribution in [0.25, 0.3) is 0 Å². The van der Waals surface area contributed by atoms with Crippen LogP contribution in [0.4, 0.5) is 4.39 Å². The van der Waals surface area contributed by atoms with Crippen LogP contribution < -0.4 is 4.74 Å². The smallest absolute Gasteiger partial charge is 0.332 e. The summed E-state index contributed by atoms with van der Waals surface area (Å²) in [7, 11) is 1.46. The van der Waals surface area contributed by atoms with Crippen LogP contribution in [0.15, 0.2) is 18.2 Å². The minimum absolute atomic E-state index is 0.00556. The molecule has 4 nitrogen and oxygen atoms in total. The zero-order valence-electron chi connectivity index (χ0n) is 9.07. The van der Waals surface area contributed by atoms with Crippen molar-refractivity contribution in [2.45, 2.75) is 19.6 Å². The Morgan fingerprint density at radius 3 is 2.81 bits per heavy atom. The normalized spacial score (nSPS) is 12.2. The van der Waals surface area contributed by atoms with Crippen molar-refractivity contribution in [3.8, 4) is 5.75 Å². The lowest BCUT2D eigenvalue weighted by Crippen LogP contribution is -2.19. The van der Waals surface area contributed by atoms with Gasteiger partial charge >= 0.3 is 5.97 Å². The van der Waals surface area contributed by atoms with E-state index in [0.717, 1.165) is 0 Å². The first-order valence-electron chi connectivity index (χ1n) is 4.71. The van der Waals surface area contributed by atoms with Crippen LogP contribution in [0.3, 0.4) is 0 Å². The second-order valence-corrected chi connectivity index (χ2v) is 3.25. The van der Waals surface area contributed by atoms with E-state index in [4.69, 9.17) is 14.6 Å². The summed E-state index contributed by atoms with van der Waals surface area (Å²) < 4.78 is 23.0. The zero-order valence-corrected chi connectivity index (χ0v) is 9.07. The molecular weight excluding hydrogens is 215 g/mol. The summed E-state index contributed by atoms with van der Waals surface area (Å²) >= 11 is 0. The molecule has 0 aliphatic heterocycles. The number of carbonyl (C=O) groups is 1. The number of rotatable bonds is 5. The van der Waals surface area contributed by atoms with Crippen molar-refractivity contribution in [3.05, 3.63) is 29.6 Å². The average Bonchev–Trinajstić information content (AvgIpc) is 2.25. The second-order valence-electron chi connectivity index (χ2n) is 3.25. The zero-order chi connectivity index (χ0) is 12.1. The molecule has 0 radical (unpaired) electrons. The minimum Gasteiger partial charge on any atom is -0.496 e. The standard InChI is InChI=1S/C11H13FO4/c1-7(11(13)14)16-6-8-5-9(12)3-4-10(8)15-2/h3-5,7H,6H2,1-2H3,(H,13,14)/t7-/m0/s1. The number of carboxylic acid groups (broad SMARTS) is 1. The fourth-order valence-corrected chi connectivity index (χ4v) is 1.15. The van der Waals surface area contributed by atoms with E-state index in [1.54, 1.807) is 0 Å². The van der Waals surface area contributed by atoms with Gasteiger partial charge in [-0.1, -0.05) is 0 Å². The molecule has 0 aliphatic carbocycles. The van der Waals surface area contributed by atoms with Gasteiger partial charge in [0.2, 0.25) is 0 Å². The van der Waals surface area contributed by atoms with Gasteiger partial charge in [0.05, 0.1) is 13.7 Å². The molecule has 0 unspecified atom stereocenters. The maximum atomic E-state index is 12.9. The summed E-state index contributed by atoms with van der Waals surface area (Å²) in [5.74, 6) is -1.00. The quantitative estimate of drug-likeness (QED) is 0.835. The molecule has 0 saturated heterocycles. The van der Waals surface area contributed by atoms with Gasteiger partial charge in [0.25, 0.3) is 0 Å². The predicted molar refractivity (Wildman–Crippen MR) is 54.8 cm³/mol. The molecule has 0 amide bonds. The predicted octanol–water partition coefficient (Wildman–Crippen LogP) is 1.82. The highest BCUT2D eigenvalue weighted by molar-refractivity contribution is 5.71. The van der Waals surface area contributed by atoms with Gasteiger partial charge in [-0.05, 0) is 25.1 Å². The van der Waals surface area contributed by atoms with E-state index in [2.05, 4.69) is 0 Å². The van der Waals surface area contributed by atoms with E-state index in [1.165, 1.54) is 32.2 Å². The third kappa shape index (κ3) is 3.20. The van der Waals surface area contributed by atoms with Crippen LogP contribution in [0.2, 0.25) is 0 Å². The van der Waals surface area contributed by atoms with Crippen LogP contribution in [0.1, 0.15) is 12.5 Å². The van der Waals surface area contributed by atoms with Crippen LogP contribution in [0.5, 0.6) is 5.75 Å². The molecule has 0 heterocycles. The van der Waals surface area contributed by atoms with Gasteiger partial charge in [0.15, 0.2) is 6.10 Å². The molecule has 0 bridgehead atoms. The Kier molecular flexibility index (Phi) is 4.25. The first-order valence-corrected chi connectivity index (χ1v) is 4.71. The molecule has 16 heavy (non-hydrogen) atoms. The fraction of sp³-hybridized carbons (Fsp3) is 0.364. The molecule has 0 fully saturated rings. The largest absolute Gasteiger partial charge is 0.496 e. The Balaban J connectivity index is 2.72. The number of hydrogen-bond donors (Lipinski definition) is 1. The lowest BCUT2D eigenvalue weighted by Gasteiger charge is -2.11. The van der Waals surface area contributed by atoms with Crippen LogP contribution in [0, 0.1) is 5.82 Å². The number of halogens is 1. The van der Waals surface area contributed by atoms with Crippen LogP contribution >= 0.6 is 0 Å². The van der Waals surface area contributed by atoms with Crippen LogP contribution in [-0.4, -0.2) is 24.3 Å². The van der Waals surface area contributed by atoms with Crippen LogP contribution in [-0.2, 0) is 16.1 Å². The van der Waals surface area contributed by atoms with Crippen molar-refractivity contribution in [2.24, 2.45) is 0 Å². The molecule has 0 spiro atoms. The molecule has 1 rings (SSSR count). The molecule has 5 heteroatoms. The highest BCUT2D eigenvalue weighted by Gasteiger charge is 2.13. The maximum Gasteiger partial charge on any atom is 0.332 e. The van der Waals surface area contributed by atoms with Gasteiger partial charge in [-0.2, -0.15) is 0 Å². The topological polar surface area (TPSA) is 55.8 Å². The first kappa shape index (κ1) is 12.4. The number of aliphatic carboxylic acids is 1. The second kappa shape index (κ2) is 5.46. The van der Waals surface area contributed by atoms with E-state index in [0.29, 0.717) is 11.3 Å². The lowest BCUT2D eigenvalue weighted by molar-refractivity contribution is -0.149. The maximum absolute atomic E-state index is 12.9. The van der Waals surface area contributed by atoms with Crippen molar-refractivity contribution >= 4 is 5.97 Å². The monoisotopic (exact) mass is 228 g/mol. The van der Waals surface area contributed by atoms with Crippen molar-refractivity contribution < 1.29 is 23.8 Å². The van der Waals surface area contributed by atoms with Gasteiger partial charge < -0.3 is 14.6 Å². The molecule has 0 aliphatic rings. The SMILES string of the molecule is COc1ccc(F)cc1CO[C@@H](C)C(=O)O. The fourth-order valence-electron chi connectivity index (χ4n) is 1.15. The Labute approximate surface area is 92.6 Å². The highest BCUT2D eigenvalue weighted by atomic mass is 19.1. The molecular formula is C11H13FO4. The van der Waals surface area contributed by atoms with Gasteiger partial charge in [0.1, 0.15) is 11.6 Å². The number of carboxylic acids is 1. The molecule has 1 aromatic carbocycles. The Morgan fingerprint density at radius 1 is 1.56 bits per heavy atom. The Morgan fingerprint density at radius 2 is 2.25 bits per heavy atom. The molecule has 1 atom stereocenters. The Bertz CT molecular complexity index is 378. The van der Waals surface area contributed by atoms with E-state index in [-0.39, 0.29) is 6.61 Å². The average molecular weight is 228 g/mol. The minimum atomic E-state index is -1.06. The third-order valence-corrected chi connectivity index (χ3v) is 2.08. The first-order chi connectivity index (χ1) is 7.54. The lowest BCUT2D eigenvalue weighted by atomic mass is 10.2. The number of methoxy groups -OCH3 is 1. The summed E-state index contributed by atoms with van der Waals surface area (Å²) in [6, 6.07) is 4.00. The summed E-state index contributed by atoms with van der Waals surface area (Å²) in [5.41, 5.74) is 0.482. The van der Waals surface area contributed by atoms with E-state index in [1.807, 2.05) is 0 Å². The van der Waals surface area contributed by atoms with Gasteiger partial charge in [0, 0.05) is 5.56 Å². The van der Waals surface area contributed by atoms with E-state index < -0.39 is 17.9 Å². The van der Waals surface area contributed by atoms with Gasteiger partial charge in [-0.15, -0.1) is 0 Å². The molecule has 0 saturated carbocycles. The highest BCUT2D eigenvalue weighted by Crippen LogP contribution is 2.20. The van der Waals surface area contributed by atoms with Gasteiger partial charge in [-0.25, -0.2) is 9.18 Å². The van der Waals surface area contributed by atoms with Gasteiger partial charge in [-0.3, -0.25) is 0 Å². The summed E-state index contributed by atoms with van der Waals surface area (Å²) in [4.78, 5) is 10.5. The molecule has 1 aromatic rings. The molecule has 88 valence electrons. The van der Waals surface area contributed by atoms with Crippen molar-refractivity contribution in [3.63, 3.8) is 0 Å².